The van der Waals surface area contributed by atoms with Crippen LogP contribution in [0.15, 0.2) is 103 Å². The minimum atomic E-state index is -0.596. The zero-order chi connectivity index (χ0) is 31.2. The molecule has 10 nitrogen and oxygen atoms in total. The Hall–Kier alpha value is -4.68. The van der Waals surface area contributed by atoms with Gasteiger partial charge < -0.3 is 18.5 Å². The second kappa shape index (κ2) is 13.7. The number of aryl methyl sites for hydroxylation is 2. The van der Waals surface area contributed by atoms with Crippen LogP contribution in [0.5, 0.6) is 11.5 Å². The van der Waals surface area contributed by atoms with Crippen LogP contribution >= 0.6 is 31.9 Å². The van der Waals surface area contributed by atoms with Gasteiger partial charge in [0, 0.05) is 43.2 Å². The molecule has 2 heterocycles. The van der Waals surface area contributed by atoms with Crippen molar-refractivity contribution in [1.29, 1.82) is 0 Å². The maximum atomic E-state index is 12.7. The highest BCUT2D eigenvalue weighted by atomic mass is 79.9. The molecule has 0 aliphatic heterocycles. The highest BCUT2D eigenvalue weighted by Crippen LogP contribution is 2.32. The molecule has 1 amide bonds. The summed E-state index contributed by atoms with van der Waals surface area (Å²) in [4.78, 5) is 23.8. The molecule has 0 spiro atoms. The molecule has 1 N–H and O–H groups in total. The fourth-order valence-electron chi connectivity index (χ4n) is 4.45. The van der Waals surface area contributed by atoms with Gasteiger partial charge >= 0.3 is 11.6 Å². The number of para-hydroxylation sites is 1. The van der Waals surface area contributed by atoms with Crippen molar-refractivity contribution in [3.63, 3.8) is 0 Å². The molecule has 224 valence electrons. The van der Waals surface area contributed by atoms with Crippen molar-refractivity contribution in [2.24, 2.45) is 5.10 Å². The highest BCUT2D eigenvalue weighted by molar-refractivity contribution is 9.11. The summed E-state index contributed by atoms with van der Waals surface area (Å²) < 4.78 is 21.1. The van der Waals surface area contributed by atoms with E-state index in [4.69, 9.17) is 13.9 Å². The van der Waals surface area contributed by atoms with Gasteiger partial charge in [-0.05, 0) is 80.6 Å². The predicted octanol–water partition coefficient (Wildman–Crippen LogP) is 8.04. The molecule has 0 saturated heterocycles. The Morgan fingerprint density at radius 3 is 2.43 bits per heavy atom. The van der Waals surface area contributed by atoms with Crippen LogP contribution in [0.4, 0.5) is 5.69 Å². The van der Waals surface area contributed by atoms with Crippen molar-refractivity contribution >= 4 is 49.7 Å². The topological polar surface area (TPSA) is 121 Å². The molecule has 0 atom stereocenters. The number of furan rings is 1. The molecule has 5 aromatic rings. The van der Waals surface area contributed by atoms with Gasteiger partial charge in [-0.3, -0.25) is 14.9 Å². The smallest absolute Gasteiger partial charge is 0.311 e. The van der Waals surface area contributed by atoms with Crippen LogP contribution in [0.25, 0.3) is 5.69 Å². The highest BCUT2D eigenvalue weighted by Gasteiger charge is 2.19. The van der Waals surface area contributed by atoms with Crippen LogP contribution in [0.1, 0.15) is 38.8 Å². The Kier molecular flexibility index (Phi) is 9.61. The summed E-state index contributed by atoms with van der Waals surface area (Å²) in [7, 11) is 0. The summed E-state index contributed by atoms with van der Waals surface area (Å²) in [5, 5.41) is 15.6. The van der Waals surface area contributed by atoms with Gasteiger partial charge in [-0.1, -0.05) is 44.0 Å². The maximum Gasteiger partial charge on any atom is 0.311 e. The van der Waals surface area contributed by atoms with Gasteiger partial charge in [0.2, 0.25) is 5.75 Å². The number of hydrogen-bond acceptors (Lipinski definition) is 7. The van der Waals surface area contributed by atoms with E-state index in [9.17, 15) is 14.9 Å². The van der Waals surface area contributed by atoms with E-state index in [1.165, 1.54) is 24.4 Å². The van der Waals surface area contributed by atoms with Gasteiger partial charge in [-0.2, -0.15) is 5.10 Å². The summed E-state index contributed by atoms with van der Waals surface area (Å²) in [6.07, 6.45) is 1.28. The lowest BCUT2D eigenvalue weighted by molar-refractivity contribution is -0.386. The van der Waals surface area contributed by atoms with Gasteiger partial charge in [-0.25, -0.2) is 5.43 Å². The average Bonchev–Trinajstić information content (AvgIpc) is 3.62. The largest absolute Gasteiger partial charge is 0.486 e. The van der Waals surface area contributed by atoms with Crippen LogP contribution in [0.2, 0.25) is 0 Å². The van der Waals surface area contributed by atoms with E-state index in [1.54, 1.807) is 12.1 Å². The molecule has 2 aromatic heterocycles. The first-order valence-electron chi connectivity index (χ1n) is 13.3. The van der Waals surface area contributed by atoms with Crippen molar-refractivity contribution in [3.8, 4) is 17.2 Å². The quantitative estimate of drug-likeness (QED) is 0.0837. The monoisotopic (exact) mass is 720 g/mol. The van der Waals surface area contributed by atoms with Crippen molar-refractivity contribution in [3.05, 3.63) is 138 Å². The molecule has 44 heavy (non-hydrogen) atoms. The van der Waals surface area contributed by atoms with Gasteiger partial charge in [0.1, 0.15) is 24.7 Å². The van der Waals surface area contributed by atoms with Gasteiger partial charge in [0.05, 0.1) is 11.1 Å². The number of nitro benzene ring substituents is 1. The Morgan fingerprint density at radius 1 is 0.977 bits per heavy atom. The molecule has 0 aliphatic carbocycles. The minimum absolute atomic E-state index is 0.0226. The fraction of sp³-hybridized carbons (Fsp3) is 0.125. The molecular formula is C32H26Br2N4O6. The Labute approximate surface area is 269 Å². The molecule has 3 aromatic carbocycles. The molecule has 0 saturated carbocycles. The van der Waals surface area contributed by atoms with E-state index in [1.807, 2.05) is 42.5 Å². The standard InChI is InChI=1S/C32H26Br2N4O6/c1-20-6-7-21(2)37(20)25-10-12-26(13-11-25)42-19-27-14-15-30(44-27)32(39)36-35-17-22-4-3-5-29(38(40)41)31(22)43-18-23-8-9-24(33)16-28(23)34/h3-17H,18-19H2,1-2H3,(H,36,39)/b35-17+. The Bertz CT molecular complexity index is 1830. The van der Waals surface area contributed by atoms with Gasteiger partial charge in [-0.15, -0.1) is 0 Å². The van der Waals surface area contributed by atoms with Crippen LogP contribution in [-0.4, -0.2) is 21.6 Å². The third-order valence-electron chi connectivity index (χ3n) is 6.61. The van der Waals surface area contributed by atoms with Crippen molar-refractivity contribution in [2.75, 3.05) is 0 Å². The first kappa shape index (κ1) is 30.8. The number of rotatable bonds is 11. The normalized spacial score (nSPS) is 11.1. The molecule has 12 heteroatoms. The van der Waals surface area contributed by atoms with Crippen LogP contribution in [0.3, 0.4) is 0 Å². The molecular weight excluding hydrogens is 696 g/mol. The third-order valence-corrected chi connectivity index (χ3v) is 7.84. The molecule has 0 unspecified atom stereocenters. The number of carbonyl (C=O) groups excluding carboxylic acids is 1. The number of carbonyl (C=O) groups is 1. The van der Waals surface area contributed by atoms with Crippen molar-refractivity contribution in [1.82, 2.24) is 9.99 Å². The molecule has 5 rings (SSSR count). The zero-order valence-electron chi connectivity index (χ0n) is 23.6. The lowest BCUT2D eigenvalue weighted by atomic mass is 10.2. The van der Waals surface area contributed by atoms with Gasteiger partial charge in [0.15, 0.2) is 5.76 Å². The number of aromatic nitrogens is 1. The molecule has 0 aliphatic rings. The van der Waals surface area contributed by atoms with Crippen LogP contribution in [0, 0.1) is 24.0 Å². The Balaban J connectivity index is 1.20. The number of amides is 1. The molecule has 0 fully saturated rings. The van der Waals surface area contributed by atoms with E-state index >= 15 is 0 Å². The number of halogens is 2. The predicted molar refractivity (Wildman–Crippen MR) is 173 cm³/mol. The summed E-state index contributed by atoms with van der Waals surface area (Å²) >= 11 is 6.86. The summed E-state index contributed by atoms with van der Waals surface area (Å²) in [6, 6.07) is 25.0. The van der Waals surface area contributed by atoms with Crippen LogP contribution in [-0.2, 0) is 13.2 Å². The number of nitrogens with one attached hydrogen (secondary N) is 1. The lowest BCUT2D eigenvalue weighted by Gasteiger charge is -2.11. The number of nitrogens with zero attached hydrogens (tertiary/aromatic N) is 3. The van der Waals surface area contributed by atoms with Crippen LogP contribution < -0.4 is 14.9 Å². The Morgan fingerprint density at radius 2 is 1.73 bits per heavy atom. The number of benzene rings is 3. The summed E-state index contributed by atoms with van der Waals surface area (Å²) in [6.45, 7) is 4.30. The average molecular weight is 722 g/mol. The van der Waals surface area contributed by atoms with E-state index in [0.717, 1.165) is 31.6 Å². The second-order valence-electron chi connectivity index (χ2n) is 9.68. The lowest BCUT2D eigenvalue weighted by Crippen LogP contribution is -2.17. The van der Waals surface area contributed by atoms with Crippen molar-refractivity contribution < 1.29 is 23.6 Å². The van der Waals surface area contributed by atoms with Gasteiger partial charge in [0.25, 0.3) is 0 Å². The second-order valence-corrected chi connectivity index (χ2v) is 11.4. The molecule has 0 radical (unpaired) electrons. The first-order chi connectivity index (χ1) is 21.2. The summed E-state index contributed by atoms with van der Waals surface area (Å²) in [5.74, 6) is 0.570. The first-order valence-corrected chi connectivity index (χ1v) is 14.9. The third kappa shape index (κ3) is 7.26. The van der Waals surface area contributed by atoms with E-state index < -0.39 is 10.8 Å². The minimum Gasteiger partial charge on any atom is -0.486 e. The maximum absolute atomic E-state index is 12.7. The number of hydrogen-bond donors (Lipinski definition) is 1. The number of ether oxygens (including phenoxy) is 2. The van der Waals surface area contributed by atoms with E-state index in [2.05, 4.69) is 72.9 Å². The van der Waals surface area contributed by atoms with E-state index in [-0.39, 0.29) is 30.4 Å². The molecule has 0 bridgehead atoms. The summed E-state index contributed by atoms with van der Waals surface area (Å²) in [5.41, 5.74) is 6.59. The van der Waals surface area contributed by atoms with Crippen molar-refractivity contribution in [2.45, 2.75) is 27.1 Å². The zero-order valence-corrected chi connectivity index (χ0v) is 26.8. The fourth-order valence-corrected chi connectivity index (χ4v) is 5.61. The van der Waals surface area contributed by atoms with E-state index in [0.29, 0.717) is 17.1 Å². The number of hydrazone groups is 1. The SMILES string of the molecule is Cc1ccc(C)n1-c1ccc(OCc2ccc(C(=O)N/N=C/c3cccc([N+](=O)[O-])c3OCc3ccc(Br)cc3Br)o2)cc1. The number of nitro groups is 1.